The van der Waals surface area contributed by atoms with Crippen LogP contribution < -0.4 is 0 Å². The number of rotatable bonds is 0. The summed E-state index contributed by atoms with van der Waals surface area (Å²) in [5.41, 5.74) is 0. The second-order valence-electron chi connectivity index (χ2n) is 0.880. The zero-order valence-electron chi connectivity index (χ0n) is 3.39. The highest BCUT2D eigenvalue weighted by atomic mass is 127. The molecule has 2 nitrogen and oxygen atoms in total. The van der Waals surface area contributed by atoms with Crippen LogP contribution in [0.3, 0.4) is 0 Å². The maximum atomic E-state index is 3.85. The number of H-pyrrole nitrogens is 1. The Morgan fingerprint density at radius 2 is 2.43 bits per heavy atom. The molecule has 0 amide bonds. The molecular formula is C3H4I2N2. The van der Waals surface area contributed by atoms with E-state index in [1.807, 2.05) is 0 Å². The summed E-state index contributed by atoms with van der Waals surface area (Å²) in [7, 11) is 0. The van der Waals surface area contributed by atoms with Gasteiger partial charge in [0.2, 0.25) is 0 Å². The van der Waals surface area contributed by atoms with E-state index in [4.69, 9.17) is 0 Å². The first kappa shape index (κ1) is 7.67. The van der Waals surface area contributed by atoms with Gasteiger partial charge in [0.25, 0.3) is 0 Å². The minimum Gasteiger partial charge on any atom is -0.340 e. The topological polar surface area (TPSA) is 28.7 Å². The molecule has 0 bridgehead atoms. The van der Waals surface area contributed by atoms with Gasteiger partial charge in [-0.1, -0.05) is 0 Å². The predicted molar refractivity (Wildman–Crippen MR) is 46.7 cm³/mol. The molecule has 0 aliphatic carbocycles. The van der Waals surface area contributed by atoms with Gasteiger partial charge in [0.15, 0.2) is 3.83 Å². The van der Waals surface area contributed by atoms with Crippen LogP contribution in [0.5, 0.6) is 0 Å². The Labute approximate surface area is 72.3 Å². The van der Waals surface area contributed by atoms with Crippen molar-refractivity contribution >= 4 is 46.6 Å². The summed E-state index contributed by atoms with van der Waals surface area (Å²) in [6.07, 6.45) is 3.52. The average molecular weight is 322 g/mol. The Bertz CT molecular complexity index is 114. The van der Waals surface area contributed by atoms with Crippen molar-refractivity contribution in [3.05, 3.63) is 16.2 Å². The fraction of sp³-hybridized carbons (Fsp3) is 0. The maximum absolute atomic E-state index is 3.85. The Hall–Kier alpha value is 0.670. The van der Waals surface area contributed by atoms with Gasteiger partial charge >= 0.3 is 0 Å². The molecule has 40 valence electrons. The van der Waals surface area contributed by atoms with Crippen molar-refractivity contribution < 1.29 is 0 Å². The third-order valence-electron chi connectivity index (χ3n) is 0.465. The number of nitrogens with one attached hydrogen (secondary N) is 1. The maximum Gasteiger partial charge on any atom is 0.168 e. The molecule has 0 aliphatic heterocycles. The largest absolute Gasteiger partial charge is 0.340 e. The van der Waals surface area contributed by atoms with E-state index in [0.29, 0.717) is 0 Å². The summed E-state index contributed by atoms with van der Waals surface area (Å²) in [4.78, 5) is 6.72. The van der Waals surface area contributed by atoms with E-state index in [2.05, 4.69) is 32.6 Å². The van der Waals surface area contributed by atoms with Crippen molar-refractivity contribution in [2.75, 3.05) is 0 Å². The van der Waals surface area contributed by atoms with E-state index in [1.165, 1.54) is 0 Å². The standard InChI is InChI=1S/C3H3IN2.HI/c4-3-5-1-2-6-3;/h1-2H,(H,5,6);1H. The fourth-order valence-electron chi connectivity index (χ4n) is 0.246. The molecule has 0 saturated heterocycles. The lowest BCUT2D eigenvalue weighted by molar-refractivity contribution is 1.23. The zero-order chi connectivity index (χ0) is 4.41. The van der Waals surface area contributed by atoms with Gasteiger partial charge in [-0.25, -0.2) is 4.98 Å². The van der Waals surface area contributed by atoms with Gasteiger partial charge in [0.1, 0.15) is 0 Å². The van der Waals surface area contributed by atoms with Gasteiger partial charge in [0, 0.05) is 12.4 Å². The number of nitrogens with zero attached hydrogens (tertiary/aromatic N) is 1. The van der Waals surface area contributed by atoms with Crippen LogP contribution in [0, 0.1) is 3.83 Å². The molecule has 0 saturated carbocycles. The van der Waals surface area contributed by atoms with Crippen molar-refractivity contribution in [3.8, 4) is 0 Å². The lowest BCUT2D eigenvalue weighted by atomic mass is 11.0. The van der Waals surface area contributed by atoms with E-state index in [0.717, 1.165) is 3.83 Å². The minimum absolute atomic E-state index is 0. The summed E-state index contributed by atoms with van der Waals surface area (Å²) < 4.78 is 0.938. The van der Waals surface area contributed by atoms with Gasteiger partial charge in [-0.15, -0.1) is 24.0 Å². The smallest absolute Gasteiger partial charge is 0.168 e. The third-order valence-corrected chi connectivity index (χ3v) is 1.05. The van der Waals surface area contributed by atoms with E-state index < -0.39 is 0 Å². The molecule has 0 fully saturated rings. The molecule has 0 aromatic carbocycles. The van der Waals surface area contributed by atoms with Crippen molar-refractivity contribution in [3.63, 3.8) is 0 Å². The third kappa shape index (κ3) is 2.47. The molecule has 1 rings (SSSR count). The quantitative estimate of drug-likeness (QED) is 0.723. The molecule has 7 heavy (non-hydrogen) atoms. The number of imidazole rings is 1. The lowest BCUT2D eigenvalue weighted by Gasteiger charge is -1.65. The highest BCUT2D eigenvalue weighted by molar-refractivity contribution is 14.1. The summed E-state index contributed by atoms with van der Waals surface area (Å²) in [6, 6.07) is 0. The Morgan fingerprint density at radius 1 is 1.71 bits per heavy atom. The number of aromatic nitrogens is 2. The van der Waals surface area contributed by atoms with Crippen LogP contribution in [0.2, 0.25) is 0 Å². The minimum atomic E-state index is 0. The van der Waals surface area contributed by atoms with Gasteiger partial charge in [-0.2, -0.15) is 0 Å². The van der Waals surface area contributed by atoms with Gasteiger partial charge in [-0.3, -0.25) is 0 Å². The van der Waals surface area contributed by atoms with Gasteiger partial charge in [-0.05, 0) is 22.6 Å². The van der Waals surface area contributed by atoms with Crippen LogP contribution >= 0.6 is 46.6 Å². The van der Waals surface area contributed by atoms with E-state index in [1.54, 1.807) is 12.4 Å². The molecule has 0 unspecified atom stereocenters. The molecule has 1 aromatic rings. The highest BCUT2D eigenvalue weighted by Gasteiger charge is 1.76. The predicted octanol–water partition coefficient (Wildman–Crippen LogP) is 1.63. The Morgan fingerprint density at radius 3 is 2.57 bits per heavy atom. The molecule has 0 atom stereocenters. The van der Waals surface area contributed by atoms with E-state index in [-0.39, 0.29) is 24.0 Å². The number of hydrogen-bond donors (Lipinski definition) is 1. The molecule has 0 aliphatic rings. The molecule has 1 N–H and O–H groups in total. The molecule has 0 spiro atoms. The van der Waals surface area contributed by atoms with E-state index in [9.17, 15) is 0 Å². The van der Waals surface area contributed by atoms with Crippen LogP contribution in [0.15, 0.2) is 12.4 Å². The lowest BCUT2D eigenvalue weighted by Crippen LogP contribution is -1.64. The van der Waals surface area contributed by atoms with Crippen LogP contribution in [0.1, 0.15) is 0 Å². The van der Waals surface area contributed by atoms with Crippen molar-refractivity contribution in [2.45, 2.75) is 0 Å². The van der Waals surface area contributed by atoms with Crippen LogP contribution in [0.4, 0.5) is 0 Å². The molecule has 0 radical (unpaired) electrons. The van der Waals surface area contributed by atoms with Crippen molar-refractivity contribution in [1.29, 1.82) is 0 Å². The fourth-order valence-corrected chi connectivity index (χ4v) is 0.587. The molecule has 1 heterocycles. The van der Waals surface area contributed by atoms with Crippen molar-refractivity contribution in [2.24, 2.45) is 0 Å². The second kappa shape index (κ2) is 3.65. The number of hydrogen-bond acceptors (Lipinski definition) is 1. The summed E-state index contributed by atoms with van der Waals surface area (Å²) in [6.45, 7) is 0. The summed E-state index contributed by atoms with van der Waals surface area (Å²) in [5.74, 6) is 0. The van der Waals surface area contributed by atoms with Gasteiger partial charge < -0.3 is 4.98 Å². The first-order valence-corrected chi connectivity index (χ1v) is 2.62. The van der Waals surface area contributed by atoms with Crippen molar-refractivity contribution in [1.82, 2.24) is 9.97 Å². The zero-order valence-corrected chi connectivity index (χ0v) is 7.88. The van der Waals surface area contributed by atoms with Gasteiger partial charge in [0.05, 0.1) is 0 Å². The van der Waals surface area contributed by atoms with Crippen LogP contribution in [-0.4, -0.2) is 9.97 Å². The number of aromatic amines is 1. The second-order valence-corrected chi connectivity index (χ2v) is 1.90. The number of halogens is 2. The summed E-state index contributed by atoms with van der Waals surface area (Å²) >= 11 is 2.11. The Kier molecular flexibility index (Phi) is 3.99. The molecule has 4 heteroatoms. The highest BCUT2D eigenvalue weighted by Crippen LogP contribution is 1.89. The first-order chi connectivity index (χ1) is 2.89. The Balaban J connectivity index is 0.000000360. The summed E-state index contributed by atoms with van der Waals surface area (Å²) in [5, 5.41) is 0. The first-order valence-electron chi connectivity index (χ1n) is 1.54. The monoisotopic (exact) mass is 322 g/mol. The van der Waals surface area contributed by atoms with E-state index >= 15 is 0 Å². The average Bonchev–Trinajstić information content (AvgIpc) is 1.86. The molecule has 1 aromatic heterocycles. The SMILES string of the molecule is I.Ic1ncc[nH]1. The van der Waals surface area contributed by atoms with Crippen LogP contribution in [-0.2, 0) is 0 Å². The normalized spacial score (nSPS) is 7.57. The molecular weight excluding hydrogens is 318 g/mol. The van der Waals surface area contributed by atoms with Crippen LogP contribution in [0.25, 0.3) is 0 Å².